The van der Waals surface area contributed by atoms with E-state index in [1.165, 1.54) is 11.5 Å². The topological polar surface area (TPSA) is 64.3 Å². The van der Waals surface area contributed by atoms with E-state index >= 15 is 0 Å². The highest BCUT2D eigenvalue weighted by molar-refractivity contribution is 7.11. The maximum Gasteiger partial charge on any atom is 0.147 e. The molecule has 5 nitrogen and oxygen atoms in total. The van der Waals surface area contributed by atoms with Gasteiger partial charge in [-0.3, -0.25) is 4.98 Å². The largest absolute Gasteiger partial charge is 0.382 e. The number of pyridine rings is 1. The molecule has 21 heavy (non-hydrogen) atoms. The van der Waals surface area contributed by atoms with Crippen molar-refractivity contribution in [3.8, 4) is 11.1 Å². The third-order valence-electron chi connectivity index (χ3n) is 4.13. The van der Waals surface area contributed by atoms with Gasteiger partial charge in [-0.15, -0.1) is 0 Å². The normalized spacial score (nSPS) is 22.5. The van der Waals surface area contributed by atoms with Gasteiger partial charge in [-0.2, -0.15) is 4.37 Å². The van der Waals surface area contributed by atoms with Crippen LogP contribution < -0.4 is 10.6 Å². The molecule has 2 N–H and O–H groups in total. The van der Waals surface area contributed by atoms with E-state index in [0.717, 1.165) is 35.6 Å². The number of methoxy groups -OCH3 is 1. The molecule has 0 aromatic carbocycles. The molecule has 3 rings (SSSR count). The third-order valence-corrected chi connectivity index (χ3v) is 5.05. The van der Waals surface area contributed by atoms with Crippen LogP contribution in [0.25, 0.3) is 11.1 Å². The molecule has 1 aliphatic rings. The fraction of sp³-hybridized carbons (Fsp3) is 0.467. The maximum absolute atomic E-state index is 6.09. The van der Waals surface area contributed by atoms with Gasteiger partial charge in [-0.25, -0.2) is 0 Å². The minimum Gasteiger partial charge on any atom is -0.382 e. The van der Waals surface area contributed by atoms with Gasteiger partial charge in [-0.05, 0) is 29.9 Å². The molecule has 0 radical (unpaired) electrons. The summed E-state index contributed by atoms with van der Waals surface area (Å²) in [5.74, 6) is 1.16. The molecule has 0 spiro atoms. The summed E-state index contributed by atoms with van der Waals surface area (Å²) in [6, 6.07) is 3.95. The van der Waals surface area contributed by atoms with Crippen molar-refractivity contribution in [3.05, 3.63) is 24.5 Å². The first-order valence-corrected chi connectivity index (χ1v) is 7.91. The summed E-state index contributed by atoms with van der Waals surface area (Å²) >= 11 is 1.46. The molecule has 1 fully saturated rings. The number of nitrogens with zero attached hydrogens (tertiary/aromatic N) is 3. The monoisotopic (exact) mass is 304 g/mol. The predicted octanol–water partition coefficient (Wildman–Crippen LogP) is 2.65. The van der Waals surface area contributed by atoms with Crippen molar-refractivity contribution < 1.29 is 4.74 Å². The first-order valence-electron chi connectivity index (χ1n) is 7.14. The molecule has 6 heteroatoms. The number of piperidine rings is 1. The minimum atomic E-state index is 0.254. The van der Waals surface area contributed by atoms with E-state index in [1.807, 2.05) is 18.3 Å². The molecule has 0 bridgehead atoms. The maximum atomic E-state index is 6.09. The zero-order chi connectivity index (χ0) is 14.8. The Morgan fingerprint density at radius 3 is 3.05 bits per heavy atom. The van der Waals surface area contributed by atoms with E-state index in [1.54, 1.807) is 13.3 Å². The van der Waals surface area contributed by atoms with Crippen molar-refractivity contribution in [2.75, 3.05) is 30.8 Å². The molecule has 0 aliphatic carbocycles. The summed E-state index contributed by atoms with van der Waals surface area (Å²) in [7, 11) is 1.79. The van der Waals surface area contributed by atoms with E-state index in [0.29, 0.717) is 11.7 Å². The molecule has 112 valence electrons. The lowest BCUT2D eigenvalue weighted by atomic mass is 9.95. The van der Waals surface area contributed by atoms with E-state index in [4.69, 9.17) is 10.5 Å². The Hall–Kier alpha value is -1.66. The van der Waals surface area contributed by atoms with Gasteiger partial charge in [0.2, 0.25) is 0 Å². The Morgan fingerprint density at radius 2 is 2.33 bits per heavy atom. The van der Waals surface area contributed by atoms with Crippen LogP contribution >= 0.6 is 11.5 Å². The zero-order valence-electron chi connectivity index (χ0n) is 12.3. The van der Waals surface area contributed by atoms with Gasteiger partial charge in [0.25, 0.3) is 0 Å². The second kappa shape index (κ2) is 5.99. The average Bonchev–Trinajstić information content (AvgIpc) is 2.90. The molecule has 2 atom stereocenters. The zero-order valence-corrected chi connectivity index (χ0v) is 13.1. The number of nitrogen functional groups attached to an aromatic ring is 1. The van der Waals surface area contributed by atoms with Crippen molar-refractivity contribution in [1.29, 1.82) is 0 Å². The third kappa shape index (κ3) is 2.73. The van der Waals surface area contributed by atoms with Crippen LogP contribution in [0.5, 0.6) is 0 Å². The summed E-state index contributed by atoms with van der Waals surface area (Å²) in [5.41, 5.74) is 8.11. The van der Waals surface area contributed by atoms with Crippen molar-refractivity contribution in [3.63, 3.8) is 0 Å². The highest BCUT2D eigenvalue weighted by Crippen LogP contribution is 2.40. The van der Waals surface area contributed by atoms with Crippen molar-refractivity contribution in [2.24, 2.45) is 5.92 Å². The van der Waals surface area contributed by atoms with Gasteiger partial charge in [-0.1, -0.05) is 13.0 Å². The molecule has 1 aliphatic heterocycles. The molecule has 0 amide bonds. The highest BCUT2D eigenvalue weighted by atomic mass is 32.1. The Morgan fingerprint density at radius 1 is 1.48 bits per heavy atom. The van der Waals surface area contributed by atoms with Gasteiger partial charge in [0.15, 0.2) is 0 Å². The second-order valence-corrected chi connectivity index (χ2v) is 6.23. The van der Waals surface area contributed by atoms with Crippen molar-refractivity contribution in [2.45, 2.75) is 19.4 Å². The first kappa shape index (κ1) is 14.3. The van der Waals surface area contributed by atoms with Gasteiger partial charge in [0.1, 0.15) is 10.8 Å². The first-order chi connectivity index (χ1) is 10.2. The number of anilines is 2. The van der Waals surface area contributed by atoms with Crippen LogP contribution in [0, 0.1) is 5.92 Å². The van der Waals surface area contributed by atoms with Gasteiger partial charge >= 0.3 is 0 Å². The van der Waals surface area contributed by atoms with Gasteiger partial charge in [0.05, 0.1) is 11.7 Å². The fourth-order valence-electron chi connectivity index (χ4n) is 2.82. The van der Waals surface area contributed by atoms with E-state index in [-0.39, 0.29) is 6.10 Å². The Balaban J connectivity index is 1.93. The summed E-state index contributed by atoms with van der Waals surface area (Å²) in [6.07, 6.45) is 4.97. The minimum absolute atomic E-state index is 0.254. The molecule has 0 saturated carbocycles. The Bertz CT molecular complexity index is 601. The summed E-state index contributed by atoms with van der Waals surface area (Å²) in [4.78, 5) is 6.53. The lowest BCUT2D eigenvalue weighted by Crippen LogP contribution is -2.43. The average molecular weight is 304 g/mol. The molecule has 2 aromatic heterocycles. The summed E-state index contributed by atoms with van der Waals surface area (Å²) in [5, 5.41) is 1.12. The quantitative estimate of drug-likeness (QED) is 0.944. The molecule has 2 aromatic rings. The predicted molar refractivity (Wildman–Crippen MR) is 86.5 cm³/mol. The fourth-order valence-corrected chi connectivity index (χ4v) is 3.69. The number of nitrogens with two attached hydrogens (primary N) is 1. The van der Waals surface area contributed by atoms with Crippen LogP contribution in [-0.2, 0) is 4.74 Å². The van der Waals surface area contributed by atoms with Gasteiger partial charge < -0.3 is 15.4 Å². The van der Waals surface area contributed by atoms with Crippen LogP contribution in [0.1, 0.15) is 13.3 Å². The lowest BCUT2D eigenvalue weighted by molar-refractivity contribution is 0.0500. The van der Waals surface area contributed by atoms with E-state index < -0.39 is 0 Å². The second-order valence-electron chi connectivity index (χ2n) is 5.48. The summed E-state index contributed by atoms with van der Waals surface area (Å²) in [6.45, 7) is 4.14. The number of hydrogen-bond donors (Lipinski definition) is 1. The smallest absolute Gasteiger partial charge is 0.147 e. The molecule has 3 heterocycles. The van der Waals surface area contributed by atoms with E-state index in [9.17, 15) is 0 Å². The number of hydrogen-bond acceptors (Lipinski definition) is 6. The SMILES string of the molecule is COC1CN(c2snc(N)c2-c2cccnc2)CCC1C. The molecular weight excluding hydrogens is 284 g/mol. The molecule has 2 unspecified atom stereocenters. The van der Waals surface area contributed by atoms with Gasteiger partial charge in [0, 0.05) is 38.2 Å². The Kier molecular flexibility index (Phi) is 4.07. The number of aromatic nitrogens is 2. The van der Waals surface area contributed by atoms with Crippen molar-refractivity contribution >= 4 is 22.4 Å². The van der Waals surface area contributed by atoms with Crippen LogP contribution in [0.2, 0.25) is 0 Å². The standard InChI is InChI=1S/C15H20N4OS/c1-10-5-7-19(9-12(10)20-2)15-13(14(16)18-21-15)11-4-3-6-17-8-11/h3-4,6,8,10,12H,5,7,9H2,1-2H3,(H2,16,18). The number of ether oxygens (including phenoxy) is 1. The van der Waals surface area contributed by atoms with Crippen LogP contribution in [0.3, 0.4) is 0 Å². The van der Waals surface area contributed by atoms with Crippen molar-refractivity contribution in [1.82, 2.24) is 9.36 Å². The lowest BCUT2D eigenvalue weighted by Gasteiger charge is -2.37. The van der Waals surface area contributed by atoms with Crippen LogP contribution in [0.4, 0.5) is 10.8 Å². The van der Waals surface area contributed by atoms with E-state index in [2.05, 4.69) is 21.2 Å². The highest BCUT2D eigenvalue weighted by Gasteiger charge is 2.29. The van der Waals surface area contributed by atoms with Crippen LogP contribution in [0.15, 0.2) is 24.5 Å². The Labute approximate surface area is 128 Å². The number of rotatable bonds is 3. The molecular formula is C15H20N4OS. The summed E-state index contributed by atoms with van der Waals surface area (Å²) < 4.78 is 9.95. The van der Waals surface area contributed by atoms with Crippen LogP contribution in [-0.4, -0.2) is 35.7 Å². The molecule has 1 saturated heterocycles.